The van der Waals surface area contributed by atoms with Crippen LogP contribution < -0.4 is 15.4 Å². The highest BCUT2D eigenvalue weighted by Gasteiger charge is 2.24. The summed E-state index contributed by atoms with van der Waals surface area (Å²) in [5.74, 6) is 0.389. The second kappa shape index (κ2) is 8.12. The molecule has 0 aromatic heterocycles. The van der Waals surface area contributed by atoms with Crippen LogP contribution in [0.25, 0.3) is 0 Å². The van der Waals surface area contributed by atoms with Gasteiger partial charge in [-0.25, -0.2) is 17.9 Å². The summed E-state index contributed by atoms with van der Waals surface area (Å²) in [5.41, 5.74) is 0. The lowest BCUT2D eigenvalue weighted by atomic mass is 9.86. The minimum atomic E-state index is -3.31. The summed E-state index contributed by atoms with van der Waals surface area (Å²) >= 11 is 0. The van der Waals surface area contributed by atoms with E-state index in [-0.39, 0.29) is 30.5 Å². The topological polar surface area (TPSA) is 96.5 Å². The molecule has 0 unspecified atom stereocenters. The quantitative estimate of drug-likeness (QED) is 0.605. The minimum absolute atomic E-state index is 0.0543. The fourth-order valence-corrected chi connectivity index (χ4v) is 3.67. The van der Waals surface area contributed by atoms with Crippen molar-refractivity contribution in [3.8, 4) is 0 Å². The normalized spacial score (nSPS) is 23.8. The largest absolute Gasteiger partial charge is 0.376 e. The van der Waals surface area contributed by atoms with Crippen LogP contribution in [0.2, 0.25) is 0 Å². The predicted molar refractivity (Wildman–Crippen MR) is 84.1 cm³/mol. The number of ether oxygens (including phenoxy) is 1. The van der Waals surface area contributed by atoms with Crippen LogP contribution in [-0.2, 0) is 14.8 Å². The van der Waals surface area contributed by atoms with Crippen LogP contribution in [0.3, 0.4) is 0 Å². The third kappa shape index (κ3) is 5.73. The van der Waals surface area contributed by atoms with E-state index in [9.17, 15) is 13.2 Å². The second-order valence-electron chi connectivity index (χ2n) is 6.20. The lowest BCUT2D eigenvalue weighted by Gasteiger charge is -2.25. The molecule has 1 saturated heterocycles. The molecule has 22 heavy (non-hydrogen) atoms. The maximum Gasteiger partial charge on any atom is 0.315 e. The van der Waals surface area contributed by atoms with Crippen molar-refractivity contribution in [2.45, 2.75) is 51.2 Å². The van der Waals surface area contributed by atoms with Crippen molar-refractivity contribution in [1.82, 2.24) is 15.4 Å². The molecule has 1 heterocycles. The van der Waals surface area contributed by atoms with Crippen molar-refractivity contribution >= 4 is 16.1 Å². The Kier molecular flexibility index (Phi) is 6.46. The summed E-state index contributed by atoms with van der Waals surface area (Å²) in [5, 5.41) is 5.37. The standard InChI is InChI=1S/C14H27N3O4S/c1-11(13-6-3-8-21-13)17-14(18)15-7-9-22(19,20)16-10-12-4-2-5-12/h11-13,16H,2-10H2,1H3,(H2,15,17,18)/t11-,13-/m1/s1. The molecule has 2 fully saturated rings. The number of carbonyl (C=O) groups is 1. The van der Waals surface area contributed by atoms with Crippen molar-refractivity contribution in [3.63, 3.8) is 0 Å². The molecule has 2 aliphatic rings. The number of sulfonamides is 1. The number of hydrogen-bond donors (Lipinski definition) is 3. The van der Waals surface area contributed by atoms with Gasteiger partial charge < -0.3 is 15.4 Å². The monoisotopic (exact) mass is 333 g/mol. The Hall–Kier alpha value is -0.860. The Balaban J connectivity index is 1.58. The van der Waals surface area contributed by atoms with Crippen molar-refractivity contribution in [1.29, 1.82) is 0 Å². The Labute approximate surface area is 132 Å². The molecule has 0 aromatic carbocycles. The molecule has 2 rings (SSSR count). The smallest absolute Gasteiger partial charge is 0.315 e. The Morgan fingerprint density at radius 3 is 2.64 bits per heavy atom. The molecular weight excluding hydrogens is 306 g/mol. The summed E-state index contributed by atoms with van der Waals surface area (Å²) in [6.45, 7) is 3.25. The van der Waals surface area contributed by atoms with Gasteiger partial charge in [0, 0.05) is 19.7 Å². The van der Waals surface area contributed by atoms with Crippen molar-refractivity contribution < 1.29 is 17.9 Å². The zero-order chi connectivity index (χ0) is 16.0. The van der Waals surface area contributed by atoms with Gasteiger partial charge in [-0.15, -0.1) is 0 Å². The third-order valence-electron chi connectivity index (χ3n) is 4.35. The van der Waals surface area contributed by atoms with Crippen molar-refractivity contribution in [2.24, 2.45) is 5.92 Å². The van der Waals surface area contributed by atoms with E-state index in [0.717, 1.165) is 32.3 Å². The van der Waals surface area contributed by atoms with E-state index in [4.69, 9.17) is 4.74 Å². The van der Waals surface area contributed by atoms with Gasteiger partial charge >= 0.3 is 6.03 Å². The van der Waals surface area contributed by atoms with E-state index in [1.54, 1.807) is 0 Å². The van der Waals surface area contributed by atoms with Gasteiger partial charge in [-0.3, -0.25) is 0 Å². The molecule has 2 amide bonds. The van der Waals surface area contributed by atoms with Crippen LogP contribution >= 0.6 is 0 Å². The number of nitrogens with one attached hydrogen (secondary N) is 3. The number of hydrogen-bond acceptors (Lipinski definition) is 4. The predicted octanol–water partition coefficient (Wildman–Crippen LogP) is 0.573. The second-order valence-corrected chi connectivity index (χ2v) is 8.13. The van der Waals surface area contributed by atoms with Crippen molar-refractivity contribution in [2.75, 3.05) is 25.4 Å². The molecule has 0 spiro atoms. The van der Waals surface area contributed by atoms with Crippen LogP contribution in [0, 0.1) is 5.92 Å². The van der Waals surface area contributed by atoms with Crippen molar-refractivity contribution in [3.05, 3.63) is 0 Å². The van der Waals surface area contributed by atoms with E-state index in [1.165, 1.54) is 6.42 Å². The summed E-state index contributed by atoms with van der Waals surface area (Å²) in [6, 6.07) is -0.423. The zero-order valence-corrected chi connectivity index (χ0v) is 14.0. The molecule has 1 aliphatic heterocycles. The van der Waals surface area contributed by atoms with Crippen LogP contribution in [0.5, 0.6) is 0 Å². The fraction of sp³-hybridized carbons (Fsp3) is 0.929. The van der Waals surface area contributed by atoms with Crippen LogP contribution in [0.15, 0.2) is 0 Å². The lowest BCUT2D eigenvalue weighted by Crippen LogP contribution is -2.47. The average Bonchev–Trinajstić information content (AvgIpc) is 2.90. The van der Waals surface area contributed by atoms with Gasteiger partial charge in [-0.05, 0) is 38.5 Å². The van der Waals surface area contributed by atoms with Gasteiger partial charge in [0.1, 0.15) is 0 Å². The first-order valence-corrected chi connectivity index (χ1v) is 9.75. The van der Waals surface area contributed by atoms with E-state index in [0.29, 0.717) is 12.5 Å². The highest BCUT2D eigenvalue weighted by molar-refractivity contribution is 7.89. The number of amides is 2. The molecule has 7 nitrogen and oxygen atoms in total. The Morgan fingerprint density at radius 1 is 1.27 bits per heavy atom. The molecule has 3 N–H and O–H groups in total. The van der Waals surface area contributed by atoms with Gasteiger partial charge in [0.05, 0.1) is 17.9 Å². The molecule has 0 aromatic rings. The summed E-state index contributed by atoms with van der Waals surface area (Å²) in [6.07, 6.45) is 5.41. The van der Waals surface area contributed by atoms with Crippen LogP contribution in [0.1, 0.15) is 39.0 Å². The van der Waals surface area contributed by atoms with E-state index in [2.05, 4.69) is 15.4 Å². The molecular formula is C14H27N3O4S. The molecule has 128 valence electrons. The van der Waals surface area contributed by atoms with Gasteiger partial charge in [0.15, 0.2) is 0 Å². The molecule has 0 radical (unpaired) electrons. The first-order chi connectivity index (χ1) is 10.5. The summed E-state index contributed by atoms with van der Waals surface area (Å²) in [4.78, 5) is 11.7. The SMILES string of the molecule is C[C@@H](NC(=O)NCCS(=O)(=O)NCC1CCC1)[C@H]1CCCO1. The number of carbonyl (C=O) groups excluding carboxylic acids is 1. The van der Waals surface area contributed by atoms with Gasteiger partial charge in [0.2, 0.25) is 10.0 Å². The average molecular weight is 333 g/mol. The molecule has 2 atom stereocenters. The van der Waals surface area contributed by atoms with E-state index >= 15 is 0 Å². The molecule has 8 heteroatoms. The Morgan fingerprint density at radius 2 is 2.05 bits per heavy atom. The third-order valence-corrected chi connectivity index (χ3v) is 5.70. The molecule has 0 bridgehead atoms. The maximum atomic E-state index is 11.8. The minimum Gasteiger partial charge on any atom is -0.376 e. The van der Waals surface area contributed by atoms with Gasteiger partial charge in [-0.1, -0.05) is 6.42 Å². The molecule has 1 saturated carbocycles. The number of rotatable bonds is 8. The molecule has 1 aliphatic carbocycles. The lowest BCUT2D eigenvalue weighted by molar-refractivity contribution is 0.0860. The summed E-state index contributed by atoms with van der Waals surface area (Å²) < 4.78 is 31.7. The zero-order valence-electron chi connectivity index (χ0n) is 13.1. The Bertz CT molecular complexity index is 459. The highest BCUT2D eigenvalue weighted by Crippen LogP contribution is 2.25. The first-order valence-electron chi connectivity index (χ1n) is 8.09. The first kappa shape index (κ1) is 17.5. The van der Waals surface area contributed by atoms with E-state index in [1.807, 2.05) is 6.92 Å². The number of urea groups is 1. The van der Waals surface area contributed by atoms with Crippen LogP contribution in [0.4, 0.5) is 4.79 Å². The van der Waals surface area contributed by atoms with Crippen LogP contribution in [-0.4, -0.2) is 52.0 Å². The summed E-state index contributed by atoms with van der Waals surface area (Å²) in [7, 11) is -3.31. The highest BCUT2D eigenvalue weighted by atomic mass is 32.2. The fourth-order valence-electron chi connectivity index (χ4n) is 2.66. The van der Waals surface area contributed by atoms with Gasteiger partial charge in [-0.2, -0.15) is 0 Å². The van der Waals surface area contributed by atoms with Gasteiger partial charge in [0.25, 0.3) is 0 Å². The van der Waals surface area contributed by atoms with E-state index < -0.39 is 10.0 Å². The maximum absolute atomic E-state index is 11.8.